The number of halogens is 1. The Morgan fingerprint density at radius 1 is 1.31 bits per heavy atom. The first-order valence-corrected chi connectivity index (χ1v) is 4.05. The van der Waals surface area contributed by atoms with Crippen molar-refractivity contribution < 1.29 is 4.39 Å². The Kier molecular flexibility index (Phi) is 2.08. The van der Waals surface area contributed by atoms with E-state index in [2.05, 4.69) is 4.98 Å². The molecule has 1 heterocycles. The molecular weight excluding hydrogens is 167 g/mol. The quantitative estimate of drug-likeness (QED) is 0.685. The van der Waals surface area contributed by atoms with Crippen molar-refractivity contribution in [3.05, 3.63) is 54.4 Å². The van der Waals surface area contributed by atoms with Crippen LogP contribution in [0.5, 0.6) is 0 Å². The Balaban J connectivity index is 2.24. The number of aromatic nitrogens is 2. The van der Waals surface area contributed by atoms with Gasteiger partial charge < -0.3 is 4.57 Å². The normalized spacial score (nSPS) is 10.2. The highest BCUT2D eigenvalue weighted by Crippen LogP contribution is 2.07. The molecule has 1 aromatic heterocycles. The first-order chi connectivity index (χ1) is 6.36. The monoisotopic (exact) mass is 176 g/mol. The molecule has 0 fully saturated rings. The van der Waals surface area contributed by atoms with Crippen molar-refractivity contribution in [3.63, 3.8) is 0 Å². The summed E-state index contributed by atoms with van der Waals surface area (Å²) in [5.41, 5.74) is 0.681. The first-order valence-electron chi connectivity index (χ1n) is 4.05. The van der Waals surface area contributed by atoms with Gasteiger partial charge in [0, 0.05) is 18.0 Å². The Hall–Kier alpha value is -1.64. The van der Waals surface area contributed by atoms with E-state index in [1.807, 2.05) is 16.8 Å². The van der Waals surface area contributed by atoms with Gasteiger partial charge in [-0.2, -0.15) is 0 Å². The maximum absolute atomic E-state index is 13.1. The summed E-state index contributed by atoms with van der Waals surface area (Å²) >= 11 is 0. The van der Waals surface area contributed by atoms with E-state index < -0.39 is 0 Å². The summed E-state index contributed by atoms with van der Waals surface area (Å²) in [6.45, 7) is 0.534. The van der Waals surface area contributed by atoms with Crippen LogP contribution in [-0.2, 0) is 6.54 Å². The fourth-order valence-corrected chi connectivity index (χ4v) is 1.20. The van der Waals surface area contributed by atoms with Gasteiger partial charge in [-0.05, 0) is 6.07 Å². The molecule has 0 saturated heterocycles. The molecule has 2 rings (SSSR count). The lowest BCUT2D eigenvalue weighted by Crippen LogP contribution is -1.98. The lowest BCUT2D eigenvalue weighted by Gasteiger charge is -2.02. The maximum atomic E-state index is 13.1. The van der Waals surface area contributed by atoms with Crippen molar-refractivity contribution in [2.45, 2.75) is 6.54 Å². The molecule has 0 N–H and O–H groups in total. The molecule has 0 radical (unpaired) electrons. The van der Waals surface area contributed by atoms with Gasteiger partial charge in [0.2, 0.25) is 0 Å². The lowest BCUT2D eigenvalue weighted by atomic mass is 10.2. The lowest BCUT2D eigenvalue weighted by molar-refractivity contribution is 0.599. The second-order valence-electron chi connectivity index (χ2n) is 2.83. The first kappa shape index (κ1) is 7.98. The van der Waals surface area contributed by atoms with Crippen LogP contribution >= 0.6 is 0 Å². The van der Waals surface area contributed by atoms with Crippen LogP contribution in [0, 0.1) is 5.82 Å². The van der Waals surface area contributed by atoms with E-state index in [1.165, 1.54) is 6.07 Å². The Morgan fingerprint density at radius 3 is 2.85 bits per heavy atom. The smallest absolute Gasteiger partial charge is 0.128 e. The van der Waals surface area contributed by atoms with E-state index in [1.54, 1.807) is 24.7 Å². The molecule has 0 aliphatic carbocycles. The molecule has 2 aromatic rings. The zero-order valence-corrected chi connectivity index (χ0v) is 7.02. The van der Waals surface area contributed by atoms with Crippen LogP contribution < -0.4 is 0 Å². The van der Waals surface area contributed by atoms with Gasteiger partial charge in [-0.1, -0.05) is 18.2 Å². The van der Waals surface area contributed by atoms with Crippen LogP contribution in [0.1, 0.15) is 5.56 Å². The zero-order valence-electron chi connectivity index (χ0n) is 7.02. The molecule has 2 nitrogen and oxygen atoms in total. The van der Waals surface area contributed by atoms with E-state index in [-0.39, 0.29) is 5.82 Å². The SMILES string of the molecule is Fc1ccccc1Cn1ccnc1. The second kappa shape index (κ2) is 3.39. The highest BCUT2D eigenvalue weighted by Gasteiger charge is 1.99. The number of hydrogen-bond donors (Lipinski definition) is 0. The number of hydrogen-bond acceptors (Lipinski definition) is 1. The summed E-state index contributed by atoms with van der Waals surface area (Å²) in [6, 6.07) is 6.75. The molecule has 0 unspecified atom stereocenters. The summed E-state index contributed by atoms with van der Waals surface area (Å²) in [5.74, 6) is -0.170. The minimum atomic E-state index is -0.170. The minimum Gasteiger partial charge on any atom is -0.333 e. The standard InChI is InChI=1S/C10H9FN2/c11-10-4-2-1-3-9(10)7-13-6-5-12-8-13/h1-6,8H,7H2. The van der Waals surface area contributed by atoms with Crippen molar-refractivity contribution in [2.75, 3.05) is 0 Å². The Labute approximate surface area is 75.7 Å². The van der Waals surface area contributed by atoms with E-state index in [0.717, 1.165) is 0 Å². The maximum Gasteiger partial charge on any atom is 0.128 e. The van der Waals surface area contributed by atoms with Gasteiger partial charge >= 0.3 is 0 Å². The number of imidazole rings is 1. The molecule has 0 aliphatic heterocycles. The summed E-state index contributed by atoms with van der Waals surface area (Å²) in [5, 5.41) is 0. The summed E-state index contributed by atoms with van der Waals surface area (Å²) < 4.78 is 15.0. The van der Waals surface area contributed by atoms with Crippen LogP contribution in [0.15, 0.2) is 43.0 Å². The minimum absolute atomic E-state index is 0.170. The molecule has 1 aromatic carbocycles. The van der Waals surface area contributed by atoms with E-state index in [0.29, 0.717) is 12.1 Å². The van der Waals surface area contributed by atoms with Crippen molar-refractivity contribution in [1.82, 2.24) is 9.55 Å². The summed E-state index contributed by atoms with van der Waals surface area (Å²) in [6.07, 6.45) is 5.17. The van der Waals surface area contributed by atoms with Gasteiger partial charge in [-0.15, -0.1) is 0 Å². The van der Waals surface area contributed by atoms with Gasteiger partial charge in [0.15, 0.2) is 0 Å². The van der Waals surface area contributed by atoms with Crippen molar-refractivity contribution in [3.8, 4) is 0 Å². The topological polar surface area (TPSA) is 17.8 Å². The Bertz CT molecular complexity index is 382. The van der Waals surface area contributed by atoms with E-state index in [4.69, 9.17) is 0 Å². The third-order valence-electron chi connectivity index (χ3n) is 1.87. The van der Waals surface area contributed by atoms with Crippen molar-refractivity contribution in [1.29, 1.82) is 0 Å². The molecule has 0 amide bonds. The fourth-order valence-electron chi connectivity index (χ4n) is 1.20. The third kappa shape index (κ3) is 1.75. The average Bonchev–Trinajstić information content (AvgIpc) is 2.61. The van der Waals surface area contributed by atoms with Gasteiger partial charge in [0.05, 0.1) is 12.9 Å². The third-order valence-corrected chi connectivity index (χ3v) is 1.87. The highest BCUT2D eigenvalue weighted by atomic mass is 19.1. The molecule has 0 aliphatic rings. The predicted octanol–water partition coefficient (Wildman–Crippen LogP) is 2.07. The fraction of sp³-hybridized carbons (Fsp3) is 0.100. The van der Waals surface area contributed by atoms with E-state index in [9.17, 15) is 4.39 Å². The Morgan fingerprint density at radius 2 is 2.15 bits per heavy atom. The summed E-state index contributed by atoms with van der Waals surface area (Å²) in [4.78, 5) is 3.89. The van der Waals surface area contributed by atoms with Crippen LogP contribution in [0.2, 0.25) is 0 Å². The van der Waals surface area contributed by atoms with Crippen LogP contribution in [0.25, 0.3) is 0 Å². The second-order valence-corrected chi connectivity index (χ2v) is 2.83. The number of nitrogens with zero attached hydrogens (tertiary/aromatic N) is 2. The molecule has 3 heteroatoms. The van der Waals surface area contributed by atoms with Gasteiger partial charge in [0.25, 0.3) is 0 Å². The summed E-state index contributed by atoms with van der Waals surface area (Å²) in [7, 11) is 0. The number of rotatable bonds is 2. The molecule has 0 atom stereocenters. The van der Waals surface area contributed by atoms with E-state index >= 15 is 0 Å². The van der Waals surface area contributed by atoms with Gasteiger partial charge in [-0.25, -0.2) is 9.37 Å². The van der Waals surface area contributed by atoms with Crippen LogP contribution in [0.4, 0.5) is 4.39 Å². The average molecular weight is 176 g/mol. The largest absolute Gasteiger partial charge is 0.333 e. The van der Waals surface area contributed by atoms with Gasteiger partial charge in [-0.3, -0.25) is 0 Å². The van der Waals surface area contributed by atoms with Crippen LogP contribution in [0.3, 0.4) is 0 Å². The molecule has 0 bridgehead atoms. The van der Waals surface area contributed by atoms with Gasteiger partial charge in [0.1, 0.15) is 5.82 Å². The predicted molar refractivity (Wildman–Crippen MR) is 47.7 cm³/mol. The number of benzene rings is 1. The molecule has 13 heavy (non-hydrogen) atoms. The zero-order chi connectivity index (χ0) is 9.10. The van der Waals surface area contributed by atoms with Crippen molar-refractivity contribution >= 4 is 0 Å². The highest BCUT2D eigenvalue weighted by molar-refractivity contribution is 5.17. The van der Waals surface area contributed by atoms with Crippen molar-refractivity contribution in [2.24, 2.45) is 0 Å². The molecule has 0 saturated carbocycles. The van der Waals surface area contributed by atoms with Crippen LogP contribution in [-0.4, -0.2) is 9.55 Å². The molecule has 0 spiro atoms. The molecule has 66 valence electrons. The molecular formula is C10H9FN2.